The van der Waals surface area contributed by atoms with E-state index >= 15 is 0 Å². The molecule has 0 atom stereocenters. The van der Waals surface area contributed by atoms with Crippen molar-refractivity contribution in [3.05, 3.63) is 70.0 Å². The zero-order valence-electron chi connectivity index (χ0n) is 16.7. The van der Waals surface area contributed by atoms with Crippen LogP contribution in [0.5, 0.6) is 0 Å². The van der Waals surface area contributed by atoms with Crippen molar-refractivity contribution in [1.29, 1.82) is 0 Å². The van der Waals surface area contributed by atoms with Gasteiger partial charge in [-0.1, -0.05) is 36.4 Å². The molecule has 0 bridgehead atoms. The summed E-state index contributed by atoms with van der Waals surface area (Å²) in [7, 11) is 0. The second-order valence-electron chi connectivity index (χ2n) is 7.14. The van der Waals surface area contributed by atoms with E-state index in [0.29, 0.717) is 36.6 Å². The lowest BCUT2D eigenvalue weighted by Gasteiger charge is -2.18. The highest BCUT2D eigenvalue weighted by molar-refractivity contribution is 6.03. The number of benzene rings is 2. The average molecular weight is 390 g/mol. The largest absolute Gasteiger partial charge is 0.382 e. The second kappa shape index (κ2) is 9.01. The Balaban J connectivity index is 1.68. The molecule has 4 rings (SSSR count). The molecule has 3 aromatic rings. The number of para-hydroxylation sites is 1. The van der Waals surface area contributed by atoms with Crippen LogP contribution in [-0.4, -0.2) is 28.5 Å². The standard InChI is InChI=1S/C23H26N4O2/c1-2-29-16-8-15-27-22(28)19-12-5-6-13-20(19)24-23(27)26-25-21-14-7-10-17-9-3-4-11-18(17)21/h3-6,9,11-13H,2,7-8,10,14-16H2,1H3,(H,24,26)/b25-21-. The van der Waals surface area contributed by atoms with Crippen LogP contribution in [0.1, 0.15) is 37.3 Å². The Morgan fingerprint density at radius 1 is 1.14 bits per heavy atom. The van der Waals surface area contributed by atoms with Crippen molar-refractivity contribution in [2.24, 2.45) is 5.10 Å². The van der Waals surface area contributed by atoms with Crippen molar-refractivity contribution >= 4 is 22.6 Å². The molecule has 0 spiro atoms. The summed E-state index contributed by atoms with van der Waals surface area (Å²) in [5.41, 5.74) is 7.22. The van der Waals surface area contributed by atoms with Gasteiger partial charge in [0.05, 0.1) is 16.6 Å². The van der Waals surface area contributed by atoms with Crippen molar-refractivity contribution in [3.63, 3.8) is 0 Å². The molecular weight excluding hydrogens is 364 g/mol. The fourth-order valence-electron chi connectivity index (χ4n) is 3.76. The predicted octanol–water partition coefficient (Wildman–Crippen LogP) is 3.98. The topological polar surface area (TPSA) is 68.5 Å². The molecule has 2 aromatic carbocycles. The van der Waals surface area contributed by atoms with Gasteiger partial charge >= 0.3 is 0 Å². The number of hydrazone groups is 1. The Labute approximate surface area is 170 Å². The summed E-state index contributed by atoms with van der Waals surface area (Å²) < 4.78 is 7.10. The van der Waals surface area contributed by atoms with E-state index in [4.69, 9.17) is 4.74 Å². The number of aromatic nitrogens is 2. The van der Waals surface area contributed by atoms with Crippen LogP contribution in [0, 0.1) is 0 Å². The molecule has 0 aliphatic heterocycles. The van der Waals surface area contributed by atoms with E-state index in [1.807, 2.05) is 37.3 Å². The third kappa shape index (κ3) is 4.22. The Hall–Kier alpha value is -2.99. The molecule has 6 heteroatoms. The van der Waals surface area contributed by atoms with Crippen LogP contribution in [0.15, 0.2) is 58.4 Å². The van der Waals surface area contributed by atoms with Gasteiger partial charge in [0.2, 0.25) is 5.95 Å². The van der Waals surface area contributed by atoms with Crippen molar-refractivity contribution in [2.45, 2.75) is 39.2 Å². The summed E-state index contributed by atoms with van der Waals surface area (Å²) in [5, 5.41) is 5.28. The molecule has 1 heterocycles. The second-order valence-corrected chi connectivity index (χ2v) is 7.14. The number of hydrogen-bond acceptors (Lipinski definition) is 5. The summed E-state index contributed by atoms with van der Waals surface area (Å²) in [4.78, 5) is 17.7. The molecule has 0 saturated heterocycles. The Kier molecular flexibility index (Phi) is 6.00. The molecule has 0 unspecified atom stereocenters. The van der Waals surface area contributed by atoms with Crippen LogP contribution in [0.2, 0.25) is 0 Å². The molecule has 1 N–H and O–H groups in total. The van der Waals surface area contributed by atoms with Crippen molar-refractivity contribution in [2.75, 3.05) is 18.6 Å². The van der Waals surface area contributed by atoms with Gasteiger partial charge < -0.3 is 4.74 Å². The Morgan fingerprint density at radius 2 is 1.97 bits per heavy atom. The number of nitrogens with one attached hydrogen (secondary N) is 1. The minimum absolute atomic E-state index is 0.0566. The number of rotatable bonds is 7. The first-order valence-electron chi connectivity index (χ1n) is 10.3. The molecule has 0 amide bonds. The monoisotopic (exact) mass is 390 g/mol. The van der Waals surface area contributed by atoms with E-state index in [-0.39, 0.29) is 5.56 Å². The third-order valence-electron chi connectivity index (χ3n) is 5.21. The SMILES string of the molecule is CCOCCCn1c(N/N=C2/CCCc3ccccc32)nc2ccccc2c1=O. The van der Waals surface area contributed by atoms with E-state index in [9.17, 15) is 4.79 Å². The molecule has 0 fully saturated rings. The van der Waals surface area contributed by atoms with Gasteiger partial charge in [-0.05, 0) is 50.3 Å². The van der Waals surface area contributed by atoms with E-state index in [2.05, 4.69) is 33.7 Å². The number of nitrogens with zero attached hydrogens (tertiary/aromatic N) is 3. The fraction of sp³-hybridized carbons (Fsp3) is 0.348. The molecule has 1 aliphatic carbocycles. The van der Waals surface area contributed by atoms with Gasteiger partial charge in [0.15, 0.2) is 0 Å². The van der Waals surface area contributed by atoms with Gasteiger partial charge in [-0.15, -0.1) is 0 Å². The van der Waals surface area contributed by atoms with Crippen molar-refractivity contribution in [1.82, 2.24) is 9.55 Å². The van der Waals surface area contributed by atoms with Gasteiger partial charge in [-0.3, -0.25) is 9.36 Å². The summed E-state index contributed by atoms with van der Waals surface area (Å²) in [6, 6.07) is 15.8. The van der Waals surface area contributed by atoms with Gasteiger partial charge in [-0.25, -0.2) is 10.4 Å². The quantitative estimate of drug-likeness (QED) is 0.489. The summed E-state index contributed by atoms with van der Waals surface area (Å²) in [6.45, 7) is 3.77. The van der Waals surface area contributed by atoms with E-state index in [1.165, 1.54) is 11.1 Å². The van der Waals surface area contributed by atoms with Gasteiger partial charge in [-0.2, -0.15) is 5.10 Å². The zero-order chi connectivity index (χ0) is 20.1. The van der Waals surface area contributed by atoms with E-state index in [1.54, 1.807) is 4.57 Å². The highest BCUT2D eigenvalue weighted by atomic mass is 16.5. The predicted molar refractivity (Wildman–Crippen MR) is 117 cm³/mol. The molecular formula is C23H26N4O2. The molecule has 6 nitrogen and oxygen atoms in total. The molecule has 1 aliphatic rings. The van der Waals surface area contributed by atoms with Gasteiger partial charge in [0.1, 0.15) is 0 Å². The van der Waals surface area contributed by atoms with Crippen LogP contribution in [0.25, 0.3) is 10.9 Å². The molecule has 29 heavy (non-hydrogen) atoms. The van der Waals surface area contributed by atoms with Crippen LogP contribution in [0.4, 0.5) is 5.95 Å². The first-order chi connectivity index (χ1) is 14.3. The number of fused-ring (bicyclic) bond motifs is 2. The highest BCUT2D eigenvalue weighted by Crippen LogP contribution is 2.22. The zero-order valence-corrected chi connectivity index (χ0v) is 16.7. The van der Waals surface area contributed by atoms with Gasteiger partial charge in [0.25, 0.3) is 5.56 Å². The van der Waals surface area contributed by atoms with Crippen LogP contribution in [0.3, 0.4) is 0 Å². The molecule has 0 radical (unpaired) electrons. The summed E-state index contributed by atoms with van der Waals surface area (Å²) in [5.74, 6) is 0.473. The lowest BCUT2D eigenvalue weighted by Crippen LogP contribution is -2.25. The van der Waals surface area contributed by atoms with Crippen LogP contribution < -0.4 is 11.0 Å². The third-order valence-corrected chi connectivity index (χ3v) is 5.21. The molecule has 150 valence electrons. The molecule has 0 saturated carbocycles. The van der Waals surface area contributed by atoms with Crippen LogP contribution >= 0.6 is 0 Å². The van der Waals surface area contributed by atoms with Crippen LogP contribution in [-0.2, 0) is 17.7 Å². The maximum Gasteiger partial charge on any atom is 0.262 e. The smallest absolute Gasteiger partial charge is 0.262 e. The minimum atomic E-state index is -0.0566. The average Bonchev–Trinajstić information content (AvgIpc) is 2.76. The lowest BCUT2D eigenvalue weighted by molar-refractivity contribution is 0.141. The summed E-state index contributed by atoms with van der Waals surface area (Å²) >= 11 is 0. The maximum absolute atomic E-state index is 13.1. The number of anilines is 1. The fourth-order valence-corrected chi connectivity index (χ4v) is 3.76. The Morgan fingerprint density at radius 3 is 2.86 bits per heavy atom. The number of aryl methyl sites for hydroxylation is 1. The first-order valence-corrected chi connectivity index (χ1v) is 10.3. The number of ether oxygens (including phenoxy) is 1. The maximum atomic E-state index is 13.1. The van der Waals surface area contributed by atoms with E-state index in [0.717, 1.165) is 31.4 Å². The normalized spacial score (nSPS) is 14.9. The first kappa shape index (κ1) is 19.3. The lowest BCUT2D eigenvalue weighted by atomic mass is 9.90. The Bertz CT molecular complexity index is 1090. The number of hydrogen-bond donors (Lipinski definition) is 1. The van der Waals surface area contributed by atoms with Crippen molar-refractivity contribution in [3.8, 4) is 0 Å². The van der Waals surface area contributed by atoms with E-state index < -0.39 is 0 Å². The van der Waals surface area contributed by atoms with Gasteiger partial charge in [0, 0.05) is 25.3 Å². The van der Waals surface area contributed by atoms with Crippen molar-refractivity contribution < 1.29 is 4.74 Å². The minimum Gasteiger partial charge on any atom is -0.382 e. The summed E-state index contributed by atoms with van der Waals surface area (Å²) in [6.07, 6.45) is 3.80. The highest BCUT2D eigenvalue weighted by Gasteiger charge is 2.16. The molecule has 1 aromatic heterocycles.